The number of hydrogen-bond acceptors (Lipinski definition) is 3. The van der Waals surface area contributed by atoms with Gasteiger partial charge in [-0.15, -0.1) is 0 Å². The molecule has 5 nitrogen and oxygen atoms in total. The van der Waals surface area contributed by atoms with Gasteiger partial charge in [0.15, 0.2) is 0 Å². The molecule has 0 unspecified atom stereocenters. The van der Waals surface area contributed by atoms with Crippen molar-refractivity contribution in [3.63, 3.8) is 0 Å². The third-order valence-corrected chi connectivity index (χ3v) is 5.19. The molecule has 0 aliphatic heterocycles. The summed E-state index contributed by atoms with van der Waals surface area (Å²) in [6.45, 7) is 8.27. The number of fused-ring (bicyclic) bond motifs is 1. The van der Waals surface area contributed by atoms with E-state index in [2.05, 4.69) is 24.1 Å². The molecule has 25 heavy (non-hydrogen) atoms. The van der Waals surface area contributed by atoms with Crippen molar-refractivity contribution >= 4 is 11.6 Å². The van der Waals surface area contributed by atoms with Crippen LogP contribution in [0.1, 0.15) is 67.7 Å². The summed E-state index contributed by atoms with van der Waals surface area (Å²) in [4.78, 5) is 17.3. The lowest BCUT2D eigenvalue weighted by molar-refractivity contribution is -0.0257. The summed E-state index contributed by atoms with van der Waals surface area (Å²) in [5.74, 6) is -0.0219. The first kappa shape index (κ1) is 17.9. The molecule has 2 aromatic heterocycles. The summed E-state index contributed by atoms with van der Waals surface area (Å²) in [6.07, 6.45) is 7.61. The van der Waals surface area contributed by atoms with E-state index in [0.29, 0.717) is 17.8 Å². The van der Waals surface area contributed by atoms with Gasteiger partial charge >= 0.3 is 0 Å². The van der Waals surface area contributed by atoms with Gasteiger partial charge in [0.1, 0.15) is 5.65 Å². The monoisotopic (exact) mass is 343 g/mol. The predicted molar refractivity (Wildman–Crippen MR) is 99.0 cm³/mol. The van der Waals surface area contributed by atoms with Crippen LogP contribution in [0.25, 0.3) is 5.65 Å². The zero-order chi connectivity index (χ0) is 18.0. The minimum atomic E-state index is -0.0219. The molecule has 0 saturated heterocycles. The van der Waals surface area contributed by atoms with Crippen molar-refractivity contribution in [1.82, 2.24) is 14.7 Å². The second kappa shape index (κ2) is 7.56. The fraction of sp³-hybridized carbons (Fsp3) is 0.600. The van der Waals surface area contributed by atoms with Crippen LogP contribution in [-0.2, 0) is 4.74 Å². The van der Waals surface area contributed by atoms with Crippen LogP contribution in [0.2, 0.25) is 0 Å². The van der Waals surface area contributed by atoms with E-state index in [1.807, 2.05) is 36.6 Å². The molecule has 1 aliphatic carbocycles. The molecule has 1 atom stereocenters. The van der Waals surface area contributed by atoms with E-state index in [4.69, 9.17) is 4.74 Å². The zero-order valence-corrected chi connectivity index (χ0v) is 15.7. The highest BCUT2D eigenvalue weighted by Crippen LogP contribution is 2.23. The summed E-state index contributed by atoms with van der Waals surface area (Å²) in [5.41, 5.74) is 3.42. The van der Waals surface area contributed by atoms with Gasteiger partial charge in [-0.3, -0.25) is 4.79 Å². The molecule has 1 fully saturated rings. The molecule has 2 aromatic rings. The van der Waals surface area contributed by atoms with Crippen LogP contribution in [0.5, 0.6) is 0 Å². The van der Waals surface area contributed by atoms with Crippen LogP contribution in [0.15, 0.2) is 18.3 Å². The topological polar surface area (TPSA) is 55.6 Å². The van der Waals surface area contributed by atoms with Crippen LogP contribution in [-0.4, -0.2) is 33.5 Å². The summed E-state index contributed by atoms with van der Waals surface area (Å²) < 4.78 is 7.99. The van der Waals surface area contributed by atoms with E-state index in [-0.39, 0.29) is 11.9 Å². The highest BCUT2D eigenvalue weighted by Gasteiger charge is 2.25. The lowest BCUT2D eigenvalue weighted by Crippen LogP contribution is -2.39. The zero-order valence-electron chi connectivity index (χ0n) is 15.7. The van der Waals surface area contributed by atoms with Crippen molar-refractivity contribution in [2.75, 3.05) is 0 Å². The van der Waals surface area contributed by atoms with Crippen molar-refractivity contribution in [1.29, 1.82) is 0 Å². The summed E-state index contributed by atoms with van der Waals surface area (Å²) in [6, 6.07) is 4.11. The molecule has 0 radical (unpaired) electrons. The van der Waals surface area contributed by atoms with E-state index < -0.39 is 0 Å². The first-order valence-corrected chi connectivity index (χ1v) is 9.39. The van der Waals surface area contributed by atoms with Gasteiger partial charge in [-0.1, -0.05) is 6.92 Å². The predicted octanol–water partition coefficient (Wildman–Crippen LogP) is 3.81. The summed E-state index contributed by atoms with van der Waals surface area (Å²) in [5, 5.41) is 3.19. The first-order valence-electron chi connectivity index (χ1n) is 9.39. The molecular weight excluding hydrogens is 314 g/mol. The lowest BCUT2D eigenvalue weighted by atomic mass is 9.92. The number of aromatic nitrogens is 2. The lowest BCUT2D eigenvalue weighted by Gasteiger charge is -2.30. The van der Waals surface area contributed by atoms with E-state index in [0.717, 1.165) is 49.1 Å². The van der Waals surface area contributed by atoms with E-state index in [1.165, 1.54) is 0 Å². The van der Waals surface area contributed by atoms with Crippen molar-refractivity contribution < 1.29 is 9.53 Å². The Morgan fingerprint density at radius 1 is 1.36 bits per heavy atom. The Balaban J connectivity index is 1.62. The van der Waals surface area contributed by atoms with Gasteiger partial charge in [-0.05, 0) is 65.0 Å². The van der Waals surface area contributed by atoms with Gasteiger partial charge in [0.25, 0.3) is 5.91 Å². The van der Waals surface area contributed by atoms with Crippen LogP contribution in [0, 0.1) is 13.8 Å². The fourth-order valence-electron chi connectivity index (χ4n) is 3.60. The summed E-state index contributed by atoms with van der Waals surface area (Å²) >= 11 is 0. The molecule has 0 spiro atoms. The smallest absolute Gasteiger partial charge is 0.255 e. The molecule has 1 saturated carbocycles. The number of nitrogens with one attached hydrogen (secondary N) is 1. The van der Waals surface area contributed by atoms with Gasteiger partial charge in [0.05, 0.1) is 17.8 Å². The standard InChI is InChI=1S/C20H29N3O2/c1-5-15(4)25-17-8-6-16(7-9-17)22-20(24)18-10-11-23-14(3)12-13(2)21-19(18)23/h10-12,15-17H,5-9H2,1-4H3,(H,22,24)/t15-,16?,17?/m1/s1. The Bertz CT molecular complexity index is 745. The Morgan fingerprint density at radius 2 is 2.08 bits per heavy atom. The molecule has 5 heteroatoms. The van der Waals surface area contributed by atoms with Crippen molar-refractivity contribution in [3.8, 4) is 0 Å². The number of rotatable bonds is 5. The number of amides is 1. The molecule has 1 amide bonds. The molecule has 2 heterocycles. The number of carbonyl (C=O) groups excluding carboxylic acids is 1. The van der Waals surface area contributed by atoms with Gasteiger partial charge in [-0.25, -0.2) is 4.98 Å². The highest BCUT2D eigenvalue weighted by atomic mass is 16.5. The number of carbonyl (C=O) groups is 1. The van der Waals surface area contributed by atoms with E-state index in [9.17, 15) is 4.79 Å². The van der Waals surface area contributed by atoms with Gasteiger partial charge in [-0.2, -0.15) is 0 Å². The Labute approximate surface area is 149 Å². The molecule has 0 aromatic carbocycles. The number of ether oxygens (including phenoxy) is 1. The van der Waals surface area contributed by atoms with Crippen molar-refractivity contribution in [3.05, 3.63) is 35.3 Å². The molecule has 3 rings (SSSR count). The van der Waals surface area contributed by atoms with Gasteiger partial charge in [0, 0.05) is 23.6 Å². The molecule has 0 bridgehead atoms. The first-order chi connectivity index (χ1) is 12.0. The van der Waals surface area contributed by atoms with Gasteiger partial charge < -0.3 is 14.5 Å². The average Bonchev–Trinajstić information content (AvgIpc) is 3.00. The summed E-state index contributed by atoms with van der Waals surface area (Å²) in [7, 11) is 0. The third kappa shape index (κ3) is 4.03. The van der Waals surface area contributed by atoms with Crippen molar-refractivity contribution in [2.45, 2.75) is 78.0 Å². The minimum Gasteiger partial charge on any atom is -0.375 e. The molecular formula is C20H29N3O2. The van der Waals surface area contributed by atoms with Crippen LogP contribution < -0.4 is 5.32 Å². The SMILES string of the molecule is CC[C@@H](C)OC1CCC(NC(=O)c2ccn3c(C)cc(C)nc23)CC1. The van der Waals surface area contributed by atoms with Crippen LogP contribution in [0.3, 0.4) is 0 Å². The quantitative estimate of drug-likeness (QED) is 0.898. The largest absolute Gasteiger partial charge is 0.375 e. The molecule has 1 N–H and O–H groups in total. The Kier molecular flexibility index (Phi) is 5.42. The Morgan fingerprint density at radius 3 is 2.76 bits per heavy atom. The molecule has 136 valence electrons. The highest BCUT2D eigenvalue weighted by molar-refractivity contribution is 6.00. The second-order valence-corrected chi connectivity index (χ2v) is 7.26. The van der Waals surface area contributed by atoms with Crippen LogP contribution in [0.4, 0.5) is 0 Å². The number of nitrogens with zero attached hydrogens (tertiary/aromatic N) is 2. The minimum absolute atomic E-state index is 0.0219. The van der Waals surface area contributed by atoms with Crippen molar-refractivity contribution in [2.24, 2.45) is 0 Å². The van der Waals surface area contributed by atoms with Crippen LogP contribution >= 0.6 is 0 Å². The second-order valence-electron chi connectivity index (χ2n) is 7.26. The maximum Gasteiger partial charge on any atom is 0.255 e. The van der Waals surface area contributed by atoms with Gasteiger partial charge in [0.2, 0.25) is 0 Å². The number of aryl methyl sites for hydroxylation is 2. The fourth-order valence-corrected chi connectivity index (χ4v) is 3.60. The maximum absolute atomic E-state index is 12.7. The maximum atomic E-state index is 12.7. The number of hydrogen-bond donors (Lipinski definition) is 1. The van der Waals surface area contributed by atoms with E-state index >= 15 is 0 Å². The molecule has 1 aliphatic rings. The van der Waals surface area contributed by atoms with E-state index in [1.54, 1.807) is 0 Å². The normalized spacial score (nSPS) is 22.1. The average molecular weight is 343 g/mol. The third-order valence-electron chi connectivity index (χ3n) is 5.19. The Hall–Kier alpha value is -1.88.